The molecule has 182 valence electrons. The highest BCUT2D eigenvalue weighted by atomic mass is 16.7. The molecule has 5 rings (SSSR count). The van der Waals surface area contributed by atoms with E-state index in [1.807, 2.05) is 54.6 Å². The van der Waals surface area contributed by atoms with E-state index in [-0.39, 0.29) is 24.6 Å². The molecule has 2 aliphatic rings. The third-order valence-electron chi connectivity index (χ3n) is 6.67. The Hall–Kier alpha value is -3.87. The standard InChI is InChI=1S/C28H28O7/c1-30-24-12-19(13-25(31-2)27(24)33-15-17-7-5-4-6-8-17)26-20(28(29)32-3)10-9-18-11-22-23(14-21(18)26)35-16-34-22/h4-8,11-14,20,26H,9-10,15-16H2,1-3H3/t20-,26+/m0/s1. The van der Waals surface area contributed by atoms with Crippen molar-refractivity contribution in [1.29, 1.82) is 0 Å². The number of hydrogen-bond donors (Lipinski definition) is 0. The molecule has 0 unspecified atom stereocenters. The van der Waals surface area contributed by atoms with Crippen LogP contribution in [-0.2, 0) is 22.6 Å². The van der Waals surface area contributed by atoms with Gasteiger partial charge in [0.05, 0.1) is 27.2 Å². The van der Waals surface area contributed by atoms with Crippen LogP contribution in [0, 0.1) is 5.92 Å². The maximum absolute atomic E-state index is 12.9. The molecule has 7 heteroatoms. The molecule has 0 bridgehead atoms. The number of ether oxygens (including phenoxy) is 6. The monoisotopic (exact) mass is 476 g/mol. The van der Waals surface area contributed by atoms with Crippen LogP contribution in [0.1, 0.15) is 34.6 Å². The zero-order valence-corrected chi connectivity index (χ0v) is 20.0. The molecule has 0 amide bonds. The van der Waals surface area contributed by atoms with Gasteiger partial charge in [0, 0.05) is 5.92 Å². The van der Waals surface area contributed by atoms with E-state index >= 15 is 0 Å². The number of carbonyl (C=O) groups excluding carboxylic acids is 1. The third-order valence-corrected chi connectivity index (χ3v) is 6.67. The van der Waals surface area contributed by atoms with Gasteiger partial charge in [0.15, 0.2) is 23.0 Å². The average molecular weight is 477 g/mol. The number of aryl methyl sites for hydroxylation is 1. The molecule has 1 heterocycles. The van der Waals surface area contributed by atoms with E-state index in [0.717, 1.165) is 34.4 Å². The molecular weight excluding hydrogens is 448 g/mol. The Morgan fingerprint density at radius 2 is 1.63 bits per heavy atom. The van der Waals surface area contributed by atoms with Gasteiger partial charge in [-0.05, 0) is 59.4 Å². The van der Waals surface area contributed by atoms with Crippen molar-refractivity contribution in [2.45, 2.75) is 25.4 Å². The van der Waals surface area contributed by atoms with E-state index in [2.05, 4.69) is 0 Å². The Morgan fingerprint density at radius 3 is 2.29 bits per heavy atom. The molecule has 35 heavy (non-hydrogen) atoms. The molecule has 0 saturated heterocycles. The van der Waals surface area contributed by atoms with Crippen molar-refractivity contribution in [3.63, 3.8) is 0 Å². The fraction of sp³-hybridized carbons (Fsp3) is 0.321. The van der Waals surface area contributed by atoms with Crippen LogP contribution in [-0.4, -0.2) is 34.1 Å². The van der Waals surface area contributed by atoms with Crippen molar-refractivity contribution in [3.8, 4) is 28.7 Å². The van der Waals surface area contributed by atoms with Crippen molar-refractivity contribution in [2.75, 3.05) is 28.1 Å². The van der Waals surface area contributed by atoms with Gasteiger partial charge in [-0.1, -0.05) is 30.3 Å². The van der Waals surface area contributed by atoms with Crippen molar-refractivity contribution in [2.24, 2.45) is 5.92 Å². The first kappa shape index (κ1) is 22.9. The highest BCUT2D eigenvalue weighted by Gasteiger charge is 2.38. The second kappa shape index (κ2) is 9.78. The zero-order chi connectivity index (χ0) is 24.4. The molecule has 7 nitrogen and oxygen atoms in total. The van der Waals surface area contributed by atoms with Gasteiger partial charge in [-0.15, -0.1) is 0 Å². The van der Waals surface area contributed by atoms with Crippen molar-refractivity contribution in [3.05, 3.63) is 76.9 Å². The summed E-state index contributed by atoms with van der Waals surface area (Å²) in [5.41, 5.74) is 4.05. The molecule has 0 N–H and O–H groups in total. The Bertz CT molecular complexity index is 1200. The van der Waals surface area contributed by atoms with Crippen LogP contribution in [0.2, 0.25) is 0 Å². The fourth-order valence-electron chi connectivity index (χ4n) is 4.97. The summed E-state index contributed by atoms with van der Waals surface area (Å²) in [6.45, 7) is 0.561. The van der Waals surface area contributed by atoms with Gasteiger partial charge < -0.3 is 28.4 Å². The minimum Gasteiger partial charge on any atom is -0.493 e. The van der Waals surface area contributed by atoms with Crippen LogP contribution < -0.4 is 23.7 Å². The maximum atomic E-state index is 12.9. The SMILES string of the molecule is COC(=O)[C@H]1CCc2cc3c(cc2[C@@H]1c1cc(OC)c(OCc2ccccc2)c(OC)c1)OCO3. The number of benzene rings is 3. The predicted molar refractivity (Wildman–Crippen MR) is 129 cm³/mol. The molecule has 0 aromatic heterocycles. The highest BCUT2D eigenvalue weighted by molar-refractivity contribution is 5.76. The lowest BCUT2D eigenvalue weighted by molar-refractivity contribution is -0.146. The van der Waals surface area contributed by atoms with Crippen LogP contribution in [0.5, 0.6) is 28.7 Å². The van der Waals surface area contributed by atoms with Gasteiger partial charge in [0.1, 0.15) is 6.61 Å². The second-order valence-corrected chi connectivity index (χ2v) is 8.58. The van der Waals surface area contributed by atoms with E-state index in [0.29, 0.717) is 36.0 Å². The largest absolute Gasteiger partial charge is 0.493 e. The van der Waals surface area contributed by atoms with Crippen LogP contribution in [0.4, 0.5) is 0 Å². The molecule has 0 spiro atoms. The van der Waals surface area contributed by atoms with Gasteiger partial charge in [-0.2, -0.15) is 0 Å². The molecule has 1 aliphatic heterocycles. The molecule has 3 aromatic rings. The Morgan fingerprint density at radius 1 is 0.943 bits per heavy atom. The Labute approximate surface area is 204 Å². The van der Waals surface area contributed by atoms with Gasteiger partial charge in [0.25, 0.3) is 0 Å². The van der Waals surface area contributed by atoms with Crippen LogP contribution >= 0.6 is 0 Å². The molecule has 0 fully saturated rings. The molecular formula is C28H28O7. The first-order valence-corrected chi connectivity index (χ1v) is 11.6. The summed E-state index contributed by atoms with van der Waals surface area (Å²) in [4.78, 5) is 12.9. The van der Waals surface area contributed by atoms with E-state index in [4.69, 9.17) is 28.4 Å². The van der Waals surface area contributed by atoms with Crippen molar-refractivity contribution < 1.29 is 33.2 Å². The molecule has 0 radical (unpaired) electrons. The van der Waals surface area contributed by atoms with Crippen LogP contribution in [0.25, 0.3) is 0 Å². The summed E-state index contributed by atoms with van der Waals surface area (Å²) >= 11 is 0. The van der Waals surface area contributed by atoms with E-state index in [1.54, 1.807) is 14.2 Å². The number of methoxy groups -OCH3 is 3. The molecule has 3 aromatic carbocycles. The van der Waals surface area contributed by atoms with Gasteiger partial charge in [0.2, 0.25) is 12.5 Å². The molecule has 0 saturated carbocycles. The van der Waals surface area contributed by atoms with Gasteiger partial charge in [-0.3, -0.25) is 4.79 Å². The molecule has 2 atom stereocenters. The van der Waals surface area contributed by atoms with Crippen LogP contribution in [0.15, 0.2) is 54.6 Å². The van der Waals surface area contributed by atoms with Crippen LogP contribution in [0.3, 0.4) is 0 Å². The summed E-state index contributed by atoms with van der Waals surface area (Å²) in [5.74, 6) is 2.11. The van der Waals surface area contributed by atoms with E-state index in [9.17, 15) is 4.79 Å². The average Bonchev–Trinajstić information content (AvgIpc) is 3.37. The summed E-state index contributed by atoms with van der Waals surface area (Å²) in [6.07, 6.45) is 1.40. The summed E-state index contributed by atoms with van der Waals surface area (Å²) < 4.78 is 34.0. The van der Waals surface area contributed by atoms with Crippen molar-refractivity contribution >= 4 is 5.97 Å². The Kier molecular flexibility index (Phi) is 6.40. The summed E-state index contributed by atoms with van der Waals surface area (Å²) in [6, 6.07) is 17.7. The summed E-state index contributed by atoms with van der Waals surface area (Å²) in [5, 5.41) is 0. The first-order chi connectivity index (χ1) is 17.1. The summed E-state index contributed by atoms with van der Waals surface area (Å²) in [7, 11) is 4.62. The minimum atomic E-state index is -0.363. The number of rotatable bonds is 7. The minimum absolute atomic E-state index is 0.193. The normalized spacial score (nSPS) is 17.9. The first-order valence-electron chi connectivity index (χ1n) is 11.6. The highest BCUT2D eigenvalue weighted by Crippen LogP contribution is 2.49. The molecule has 1 aliphatic carbocycles. The third kappa shape index (κ3) is 4.34. The van der Waals surface area contributed by atoms with E-state index < -0.39 is 0 Å². The second-order valence-electron chi connectivity index (χ2n) is 8.58. The van der Waals surface area contributed by atoms with Gasteiger partial charge in [-0.25, -0.2) is 0 Å². The van der Waals surface area contributed by atoms with Gasteiger partial charge >= 0.3 is 5.97 Å². The number of esters is 1. The Balaban J connectivity index is 1.58. The number of carbonyl (C=O) groups is 1. The lowest BCUT2D eigenvalue weighted by Crippen LogP contribution is -2.29. The van der Waals surface area contributed by atoms with E-state index in [1.165, 1.54) is 7.11 Å². The lowest BCUT2D eigenvalue weighted by atomic mass is 9.71. The number of fused-ring (bicyclic) bond motifs is 2. The smallest absolute Gasteiger partial charge is 0.309 e. The topological polar surface area (TPSA) is 72.5 Å². The number of hydrogen-bond acceptors (Lipinski definition) is 7. The lowest BCUT2D eigenvalue weighted by Gasteiger charge is -2.33. The predicted octanol–water partition coefficient (Wildman–Crippen LogP) is 4.88. The zero-order valence-electron chi connectivity index (χ0n) is 20.0. The quantitative estimate of drug-likeness (QED) is 0.450. The fourth-order valence-corrected chi connectivity index (χ4v) is 4.97. The maximum Gasteiger partial charge on any atom is 0.309 e. The van der Waals surface area contributed by atoms with Crippen molar-refractivity contribution in [1.82, 2.24) is 0 Å².